The van der Waals surface area contributed by atoms with Crippen LogP contribution in [0.4, 0.5) is 10.5 Å². The molecule has 0 aliphatic heterocycles. The maximum Gasteiger partial charge on any atom is 0.348 e. The maximum atomic E-state index is 11.7. The minimum Gasteiger partial charge on any atom is -0.369 e. The van der Waals surface area contributed by atoms with Gasteiger partial charge in [0, 0.05) is 19.8 Å². The van der Waals surface area contributed by atoms with Crippen LogP contribution >= 0.6 is 12.4 Å². The number of hydrogen-bond donors (Lipinski definition) is 2. The largest absolute Gasteiger partial charge is 0.369 e. The molecular formula is C13H21ClN4O. The zero-order chi connectivity index (χ0) is 13.7. The predicted octanol–water partition coefficient (Wildman–Crippen LogP) is 2.39. The van der Waals surface area contributed by atoms with Crippen LogP contribution in [-0.4, -0.2) is 31.0 Å². The van der Waals surface area contributed by atoms with E-state index >= 15 is 0 Å². The number of nitrogens with one attached hydrogen (secondary N) is 1. The van der Waals surface area contributed by atoms with Crippen molar-refractivity contribution in [1.82, 2.24) is 4.90 Å². The summed E-state index contributed by atoms with van der Waals surface area (Å²) >= 11 is 0. The highest BCUT2D eigenvalue weighted by Gasteiger charge is 2.08. The van der Waals surface area contributed by atoms with E-state index in [4.69, 9.17) is 5.73 Å². The first-order valence-corrected chi connectivity index (χ1v) is 5.86. The summed E-state index contributed by atoms with van der Waals surface area (Å²) in [4.78, 5) is 17.1. The molecule has 3 N–H and O–H groups in total. The van der Waals surface area contributed by atoms with Gasteiger partial charge in [0.1, 0.15) is 0 Å². The van der Waals surface area contributed by atoms with Crippen molar-refractivity contribution in [2.24, 2.45) is 10.7 Å². The highest BCUT2D eigenvalue weighted by atomic mass is 35.5. The van der Waals surface area contributed by atoms with Crippen molar-refractivity contribution in [2.75, 3.05) is 19.4 Å². The molecule has 0 aliphatic rings. The Bertz CT molecular complexity index is 472. The van der Waals surface area contributed by atoms with Crippen molar-refractivity contribution >= 4 is 30.1 Å². The van der Waals surface area contributed by atoms with Gasteiger partial charge in [0.05, 0.1) is 0 Å². The summed E-state index contributed by atoms with van der Waals surface area (Å²) in [6, 6.07) is 5.46. The Labute approximate surface area is 120 Å². The van der Waals surface area contributed by atoms with Gasteiger partial charge in [0.15, 0.2) is 5.96 Å². The van der Waals surface area contributed by atoms with E-state index < -0.39 is 6.03 Å². The molecule has 0 saturated carbocycles. The number of hydrogen-bond acceptors (Lipinski definition) is 1. The van der Waals surface area contributed by atoms with Crippen molar-refractivity contribution < 1.29 is 4.79 Å². The van der Waals surface area contributed by atoms with Crippen molar-refractivity contribution in [1.29, 1.82) is 0 Å². The van der Waals surface area contributed by atoms with Gasteiger partial charge in [0.2, 0.25) is 0 Å². The molecule has 0 spiro atoms. The van der Waals surface area contributed by atoms with Crippen LogP contribution in [0.5, 0.6) is 0 Å². The lowest BCUT2D eigenvalue weighted by Crippen LogP contribution is -2.32. The molecule has 1 aromatic rings. The minimum absolute atomic E-state index is 0. The number of benzene rings is 1. The second-order valence-electron chi connectivity index (χ2n) is 4.26. The van der Waals surface area contributed by atoms with E-state index in [-0.39, 0.29) is 18.4 Å². The molecule has 19 heavy (non-hydrogen) atoms. The van der Waals surface area contributed by atoms with E-state index in [0.717, 1.165) is 23.2 Å². The lowest BCUT2D eigenvalue weighted by atomic mass is 10.1. The van der Waals surface area contributed by atoms with Crippen molar-refractivity contribution in [2.45, 2.75) is 20.3 Å². The molecule has 1 aromatic carbocycles. The molecule has 6 heteroatoms. The third-order valence-corrected chi connectivity index (χ3v) is 2.65. The number of rotatable bonds is 2. The van der Waals surface area contributed by atoms with Gasteiger partial charge in [-0.05, 0) is 24.5 Å². The van der Waals surface area contributed by atoms with Gasteiger partial charge in [-0.25, -0.2) is 4.79 Å². The van der Waals surface area contributed by atoms with Gasteiger partial charge in [0.25, 0.3) is 0 Å². The number of guanidine groups is 1. The van der Waals surface area contributed by atoms with Gasteiger partial charge in [-0.3, -0.25) is 0 Å². The fourth-order valence-corrected chi connectivity index (χ4v) is 1.54. The predicted molar refractivity (Wildman–Crippen MR) is 82.1 cm³/mol. The Morgan fingerprint density at radius 1 is 1.42 bits per heavy atom. The number of carbonyl (C=O) groups is 1. The summed E-state index contributed by atoms with van der Waals surface area (Å²) in [7, 11) is 3.47. The van der Waals surface area contributed by atoms with Crippen LogP contribution < -0.4 is 11.1 Å². The molecule has 0 heterocycles. The summed E-state index contributed by atoms with van der Waals surface area (Å²) in [6.07, 6.45) is 0.851. The summed E-state index contributed by atoms with van der Waals surface area (Å²) in [5, 5.41) is 2.78. The highest BCUT2D eigenvalue weighted by molar-refractivity contribution is 5.99. The lowest BCUT2D eigenvalue weighted by Gasteiger charge is -2.13. The van der Waals surface area contributed by atoms with Crippen LogP contribution in [0, 0.1) is 6.92 Å². The zero-order valence-electron chi connectivity index (χ0n) is 11.7. The minimum atomic E-state index is -0.454. The Hall–Kier alpha value is -1.75. The molecule has 0 bridgehead atoms. The number of aryl methyl sites for hydroxylation is 2. The Kier molecular flexibility index (Phi) is 6.93. The molecule has 0 aromatic heterocycles. The maximum absolute atomic E-state index is 11.7. The summed E-state index contributed by atoms with van der Waals surface area (Å²) < 4.78 is 0. The van der Waals surface area contributed by atoms with Crippen LogP contribution in [0.2, 0.25) is 0 Å². The Morgan fingerprint density at radius 3 is 2.58 bits per heavy atom. The number of amides is 2. The van der Waals surface area contributed by atoms with Crippen LogP contribution in [-0.2, 0) is 6.42 Å². The normalized spacial score (nSPS) is 10.6. The number of halogens is 1. The average molecular weight is 285 g/mol. The summed E-state index contributed by atoms with van der Waals surface area (Å²) in [5.74, 6) is 0.180. The van der Waals surface area contributed by atoms with E-state index in [2.05, 4.69) is 10.3 Å². The van der Waals surface area contributed by atoms with E-state index in [1.807, 2.05) is 32.0 Å². The first kappa shape index (κ1) is 17.2. The van der Waals surface area contributed by atoms with Crippen LogP contribution in [0.15, 0.2) is 23.2 Å². The molecule has 0 fully saturated rings. The third-order valence-electron chi connectivity index (χ3n) is 2.65. The molecule has 1 rings (SSSR count). The fourth-order valence-electron chi connectivity index (χ4n) is 1.54. The standard InChI is InChI=1S/C13H20N4O.ClH/c1-5-10-8-6-7-9(2)11(10)15-13(18)16-12(14)17(3)4;/h6-8H,5H2,1-4H3,(H3,14,15,16,18);1H. The third kappa shape index (κ3) is 4.79. The number of urea groups is 1. The number of anilines is 1. The quantitative estimate of drug-likeness (QED) is 0.647. The molecule has 0 aliphatic carbocycles. The highest BCUT2D eigenvalue weighted by Crippen LogP contribution is 2.21. The van der Waals surface area contributed by atoms with Gasteiger partial charge in [-0.15, -0.1) is 12.4 Å². The second kappa shape index (κ2) is 7.63. The zero-order valence-corrected chi connectivity index (χ0v) is 12.5. The van der Waals surface area contributed by atoms with E-state index in [0.29, 0.717) is 0 Å². The molecular weight excluding hydrogens is 264 g/mol. The molecule has 0 radical (unpaired) electrons. The van der Waals surface area contributed by atoms with Crippen molar-refractivity contribution in [3.05, 3.63) is 29.3 Å². The number of carbonyl (C=O) groups excluding carboxylic acids is 1. The first-order chi connectivity index (χ1) is 8.45. The Morgan fingerprint density at radius 2 is 2.05 bits per heavy atom. The lowest BCUT2D eigenvalue weighted by molar-refractivity contribution is 0.259. The van der Waals surface area contributed by atoms with E-state index in [9.17, 15) is 4.79 Å². The summed E-state index contributed by atoms with van der Waals surface area (Å²) in [5.41, 5.74) is 8.51. The molecule has 106 valence electrons. The molecule has 0 unspecified atom stereocenters. The van der Waals surface area contributed by atoms with Gasteiger partial charge in [-0.1, -0.05) is 25.1 Å². The van der Waals surface area contributed by atoms with E-state index in [1.54, 1.807) is 19.0 Å². The molecule has 5 nitrogen and oxygen atoms in total. The van der Waals surface area contributed by atoms with Crippen LogP contribution in [0.1, 0.15) is 18.1 Å². The molecule has 0 atom stereocenters. The van der Waals surface area contributed by atoms with E-state index in [1.165, 1.54) is 0 Å². The van der Waals surface area contributed by atoms with Gasteiger partial charge in [-0.2, -0.15) is 4.99 Å². The Balaban J connectivity index is 0.00000324. The number of nitrogens with zero attached hydrogens (tertiary/aromatic N) is 2. The van der Waals surface area contributed by atoms with Gasteiger partial charge >= 0.3 is 6.03 Å². The number of nitrogens with two attached hydrogens (primary N) is 1. The summed E-state index contributed by atoms with van der Waals surface area (Å²) in [6.45, 7) is 4.00. The van der Waals surface area contributed by atoms with Crippen LogP contribution in [0.25, 0.3) is 0 Å². The average Bonchev–Trinajstić information content (AvgIpc) is 2.31. The smallest absolute Gasteiger partial charge is 0.348 e. The topological polar surface area (TPSA) is 70.7 Å². The number of para-hydroxylation sites is 1. The fraction of sp³-hybridized carbons (Fsp3) is 0.385. The first-order valence-electron chi connectivity index (χ1n) is 5.86. The van der Waals surface area contributed by atoms with Crippen LogP contribution in [0.3, 0.4) is 0 Å². The van der Waals surface area contributed by atoms with Crippen molar-refractivity contribution in [3.63, 3.8) is 0 Å². The van der Waals surface area contributed by atoms with Crippen molar-refractivity contribution in [3.8, 4) is 0 Å². The number of aliphatic imine (C=N–C) groups is 1. The molecule has 2 amide bonds. The molecule has 0 saturated heterocycles. The van der Waals surface area contributed by atoms with Gasteiger partial charge < -0.3 is 16.0 Å². The second-order valence-corrected chi connectivity index (χ2v) is 4.26. The monoisotopic (exact) mass is 284 g/mol. The SMILES string of the molecule is CCc1cccc(C)c1NC(=O)/N=C(/N)N(C)C.Cl.